The second-order valence-electron chi connectivity index (χ2n) is 6.78. The zero-order chi connectivity index (χ0) is 20.1. The molecule has 0 spiro atoms. The van der Waals surface area contributed by atoms with Gasteiger partial charge in [0.05, 0.1) is 0 Å². The molecule has 2 aliphatic rings. The van der Waals surface area contributed by atoms with Crippen LogP contribution in [0, 0.1) is 0 Å². The molecule has 0 bridgehead atoms. The maximum atomic E-state index is 12.8. The van der Waals surface area contributed by atoms with Crippen molar-refractivity contribution in [3.63, 3.8) is 0 Å². The summed E-state index contributed by atoms with van der Waals surface area (Å²) in [4.78, 5) is 49.9. The van der Waals surface area contributed by atoms with Gasteiger partial charge in [0, 0.05) is 11.9 Å². The molecule has 1 aromatic heterocycles. The molecule has 2 amide bonds. The Morgan fingerprint density at radius 2 is 2.00 bits per heavy atom. The van der Waals surface area contributed by atoms with Crippen molar-refractivity contribution in [3.05, 3.63) is 22.4 Å². The molecule has 0 unspecified atom stereocenters. The van der Waals surface area contributed by atoms with Crippen LogP contribution in [0.3, 0.4) is 0 Å². The fourth-order valence-corrected chi connectivity index (χ4v) is 5.84. The van der Waals surface area contributed by atoms with Crippen LogP contribution in [0.5, 0.6) is 0 Å². The molecule has 28 heavy (non-hydrogen) atoms. The van der Waals surface area contributed by atoms with Gasteiger partial charge in [0.2, 0.25) is 5.91 Å². The van der Waals surface area contributed by atoms with Gasteiger partial charge in [-0.25, -0.2) is 4.79 Å². The minimum Gasteiger partial charge on any atom is -1.00 e. The van der Waals surface area contributed by atoms with Crippen LogP contribution in [0.2, 0.25) is 0 Å². The van der Waals surface area contributed by atoms with Crippen LogP contribution >= 0.6 is 23.1 Å². The van der Waals surface area contributed by atoms with E-state index in [1.165, 1.54) is 36.3 Å². The number of carboxylic acids is 2. The summed E-state index contributed by atoms with van der Waals surface area (Å²) in [6, 6.07) is 0.443. The van der Waals surface area contributed by atoms with Crippen LogP contribution in [0.15, 0.2) is 16.8 Å². The van der Waals surface area contributed by atoms with E-state index in [-0.39, 0.29) is 31.0 Å². The van der Waals surface area contributed by atoms with E-state index < -0.39 is 51.6 Å². The third-order valence-corrected chi connectivity index (χ3v) is 7.07. The van der Waals surface area contributed by atoms with E-state index in [9.17, 15) is 29.4 Å². The predicted molar refractivity (Wildman–Crippen MR) is 97.4 cm³/mol. The third kappa shape index (κ3) is 3.37. The molecule has 2 saturated heterocycles. The van der Waals surface area contributed by atoms with Crippen LogP contribution in [0.1, 0.15) is 26.8 Å². The number of thiophene rings is 1. The Morgan fingerprint density at radius 1 is 1.36 bits per heavy atom. The van der Waals surface area contributed by atoms with E-state index in [0.717, 1.165) is 4.90 Å². The quantitative estimate of drug-likeness (QED) is 0.194. The summed E-state index contributed by atoms with van der Waals surface area (Å²) >= 11 is 2.43. The van der Waals surface area contributed by atoms with Gasteiger partial charge < -0.3 is 26.6 Å². The van der Waals surface area contributed by atoms with Crippen LogP contribution in [0.25, 0.3) is 0 Å². The van der Waals surface area contributed by atoms with Gasteiger partial charge in [-0.05, 0) is 36.2 Å². The number of thioether (sulfide) groups is 1. The average molecular weight is 438 g/mol. The Hall–Kier alpha value is -1.11. The van der Waals surface area contributed by atoms with Crippen LogP contribution in [-0.4, -0.2) is 67.9 Å². The first-order valence-electron chi connectivity index (χ1n) is 7.92. The number of hydrogen-bond acceptors (Lipinski definition) is 7. The average Bonchev–Trinajstić information content (AvgIpc) is 3.16. The minimum atomic E-state index is -1.80. The first kappa shape index (κ1) is 23.2. The van der Waals surface area contributed by atoms with Crippen LogP contribution < -0.4 is 34.9 Å². The zero-order valence-electron chi connectivity index (χ0n) is 16.7. The van der Waals surface area contributed by atoms with E-state index in [2.05, 4.69) is 5.32 Å². The maximum absolute atomic E-state index is 12.8. The normalized spacial score (nSPS) is 28.5. The molecule has 4 atom stereocenters. The molecule has 3 N–H and O–H groups in total. The Labute approximate surface area is 192 Å². The van der Waals surface area contributed by atoms with Crippen molar-refractivity contribution < 1.29 is 65.1 Å². The van der Waals surface area contributed by atoms with Gasteiger partial charge in [-0.2, -0.15) is 11.3 Å². The monoisotopic (exact) mass is 438 g/mol. The number of amides is 2. The maximum Gasteiger partial charge on any atom is 1.00 e. The number of aliphatic carboxylic acids is 2. The summed E-state index contributed by atoms with van der Waals surface area (Å²) in [6.45, 7) is 3.38. The smallest absolute Gasteiger partial charge is 1.00 e. The van der Waals surface area contributed by atoms with Crippen LogP contribution in [-0.2, 0) is 23.9 Å². The van der Waals surface area contributed by atoms with Crippen molar-refractivity contribution >= 4 is 46.9 Å². The molecule has 0 radical (unpaired) electrons. The van der Waals surface area contributed by atoms with Crippen molar-refractivity contribution in [2.45, 2.75) is 41.7 Å². The van der Waals surface area contributed by atoms with Gasteiger partial charge in [-0.3, -0.25) is 14.4 Å². The summed E-state index contributed by atoms with van der Waals surface area (Å²) in [5, 5.41) is 23.8. The number of carboxylic acid groups (broad SMARTS) is 2. The number of hydrogen-bond donors (Lipinski definition) is 3. The molecule has 2 aliphatic heterocycles. The fourth-order valence-electron chi connectivity index (χ4n) is 3.48. The second-order valence-corrected chi connectivity index (χ2v) is 9.30. The van der Waals surface area contributed by atoms with Crippen LogP contribution in [0.4, 0.5) is 0 Å². The number of ether oxygens (including phenoxy) is 1. The first-order chi connectivity index (χ1) is 12.6. The molecule has 3 heterocycles. The topological polar surface area (TPSA) is 133 Å². The molecule has 12 heteroatoms. The predicted octanol–water partition coefficient (Wildman–Crippen LogP) is -2.36. The van der Waals surface area contributed by atoms with Gasteiger partial charge >= 0.3 is 41.5 Å². The zero-order valence-corrected chi connectivity index (χ0v) is 19.3. The van der Waals surface area contributed by atoms with Gasteiger partial charge in [0.1, 0.15) is 11.4 Å². The molecule has 0 aliphatic carbocycles. The fraction of sp³-hybridized carbons (Fsp3) is 0.500. The molecular weight excluding hydrogens is 419 g/mol. The van der Waals surface area contributed by atoms with Crippen molar-refractivity contribution in [2.75, 3.05) is 7.11 Å². The Kier molecular flexibility index (Phi) is 6.59. The third-order valence-electron chi connectivity index (χ3n) is 4.76. The van der Waals surface area contributed by atoms with E-state index in [1.807, 2.05) is 0 Å². The molecule has 0 saturated carbocycles. The summed E-state index contributed by atoms with van der Waals surface area (Å²) in [7, 11) is 1.22. The number of nitrogens with zero attached hydrogens (tertiary/aromatic N) is 1. The summed E-state index contributed by atoms with van der Waals surface area (Å²) in [5.74, 6) is -5.61. The first-order valence-corrected chi connectivity index (χ1v) is 9.74. The van der Waals surface area contributed by atoms with E-state index in [4.69, 9.17) is 4.74 Å². The minimum absolute atomic E-state index is 0. The summed E-state index contributed by atoms with van der Waals surface area (Å²) in [6.07, 6.45) is 0. The van der Waals surface area contributed by atoms with E-state index >= 15 is 0 Å². The Bertz CT molecular complexity index is 822. The molecule has 2 fully saturated rings. The van der Waals surface area contributed by atoms with Crippen molar-refractivity contribution in [1.29, 1.82) is 0 Å². The number of rotatable bonds is 6. The number of β-lactam (4-membered cyclic amide) rings is 1. The number of methoxy groups -OCH3 is 1. The Morgan fingerprint density at radius 3 is 2.46 bits per heavy atom. The number of carbonyl (C=O) groups excluding carboxylic acids is 2. The Balaban J connectivity index is 0.00000210. The number of fused-ring (bicyclic) bond motifs is 1. The van der Waals surface area contributed by atoms with Crippen molar-refractivity contribution in [1.82, 2.24) is 10.2 Å². The van der Waals surface area contributed by atoms with E-state index in [1.54, 1.807) is 24.6 Å². The molecule has 3 rings (SSSR count). The largest absolute Gasteiger partial charge is 1.00 e. The number of carbonyl (C=O) groups is 4. The molecule has 148 valence electrons. The van der Waals surface area contributed by atoms with Gasteiger partial charge in [0.25, 0.3) is 11.6 Å². The SMILES string of the molecule is CO[C@@]1(NC(=O)[C@H](C(=O)O)c2ccsc2)C(=O)N2[C@@H](C(=O)O)C(C)(C)S[C@@H]21.[H-].[Na+]. The van der Waals surface area contributed by atoms with Gasteiger partial charge in [0.15, 0.2) is 5.92 Å². The second kappa shape index (κ2) is 7.96. The van der Waals surface area contributed by atoms with Crippen molar-refractivity contribution in [2.24, 2.45) is 0 Å². The molecule has 0 aromatic carbocycles. The summed E-state index contributed by atoms with van der Waals surface area (Å²) < 4.78 is 4.50. The van der Waals surface area contributed by atoms with E-state index in [0.29, 0.717) is 5.56 Å². The molecule has 9 nitrogen and oxygen atoms in total. The summed E-state index contributed by atoms with van der Waals surface area (Å²) in [5.41, 5.74) is -1.50. The van der Waals surface area contributed by atoms with Gasteiger partial charge in [-0.15, -0.1) is 11.8 Å². The molecule has 1 aromatic rings. The molecular formula is C16H19N2NaO7S2. The van der Waals surface area contributed by atoms with Gasteiger partial charge in [-0.1, -0.05) is 0 Å². The standard InChI is InChI=1S/C16H18N2O7S2.Na.H/c1-15(2)9(12(22)23)18-13(24)16(25-3,14(18)27-15)17-10(19)8(11(20)21)7-4-5-26-6-7;;/h4-6,8-9,14H,1-3H3,(H,17,19)(H,20,21)(H,22,23);;/q;+1;-1/t8-,9+,14-,16+;;/m1../s1. The van der Waals surface area contributed by atoms with Crippen molar-refractivity contribution in [3.8, 4) is 0 Å². The number of nitrogens with one attached hydrogen (secondary N) is 1.